The summed E-state index contributed by atoms with van der Waals surface area (Å²) in [5.74, 6) is 0. The number of allylic oxidation sites excluding steroid dienone is 1. The minimum absolute atomic E-state index is 0.0329. The minimum atomic E-state index is -4.35. The summed E-state index contributed by atoms with van der Waals surface area (Å²) in [5.41, 5.74) is 4.34. The lowest BCUT2D eigenvalue weighted by atomic mass is 10.3. The summed E-state index contributed by atoms with van der Waals surface area (Å²) in [6, 6.07) is 0. The Morgan fingerprint density at radius 3 is 2.30 bits per heavy atom. The highest BCUT2D eigenvalue weighted by Crippen LogP contribution is 2.21. The molecule has 0 spiro atoms. The molecule has 0 unspecified atom stereocenters. The second kappa shape index (κ2) is 2.00. The Balaban J connectivity index is 2.77. The van der Waals surface area contributed by atoms with Crippen molar-refractivity contribution >= 4 is 5.71 Å². The quantitative estimate of drug-likeness (QED) is 0.546. The molecule has 0 fully saturated rings. The summed E-state index contributed by atoms with van der Waals surface area (Å²) in [7, 11) is 0. The van der Waals surface area contributed by atoms with E-state index >= 15 is 0 Å². The number of aliphatic imine (C=N–C) groups is 1. The highest BCUT2D eigenvalue weighted by molar-refractivity contribution is 6.01. The second-order valence-corrected chi connectivity index (χ2v) is 1.92. The van der Waals surface area contributed by atoms with Crippen molar-refractivity contribution in [3.05, 3.63) is 11.8 Å². The lowest BCUT2D eigenvalue weighted by molar-refractivity contribution is -0.0576. The van der Waals surface area contributed by atoms with Crippen LogP contribution in [0, 0.1) is 0 Å². The van der Waals surface area contributed by atoms with Crippen molar-refractivity contribution in [2.75, 3.05) is 6.54 Å². The van der Waals surface area contributed by atoms with E-state index in [0.29, 0.717) is 0 Å². The van der Waals surface area contributed by atoms with Gasteiger partial charge in [0.1, 0.15) is 5.71 Å². The summed E-state index contributed by atoms with van der Waals surface area (Å²) < 4.78 is 35.1. The van der Waals surface area contributed by atoms with Crippen LogP contribution >= 0.6 is 0 Å². The fraction of sp³-hybridized carbons (Fsp3) is 0.400. The van der Waals surface area contributed by atoms with E-state index in [1.807, 2.05) is 0 Å². The van der Waals surface area contributed by atoms with E-state index in [1.165, 1.54) is 0 Å². The zero-order valence-electron chi connectivity index (χ0n) is 4.94. The van der Waals surface area contributed by atoms with E-state index in [1.54, 1.807) is 0 Å². The molecule has 0 aliphatic carbocycles. The molecule has 10 heavy (non-hydrogen) atoms. The Hall–Kier alpha value is -1.00. The molecule has 56 valence electrons. The van der Waals surface area contributed by atoms with Crippen LogP contribution in [0.15, 0.2) is 16.8 Å². The third-order valence-corrected chi connectivity index (χ3v) is 1.04. The Morgan fingerprint density at radius 2 is 2.10 bits per heavy atom. The largest absolute Gasteiger partial charge is 0.432 e. The van der Waals surface area contributed by atoms with E-state index < -0.39 is 11.9 Å². The Kier molecular flexibility index (Phi) is 1.42. The van der Waals surface area contributed by atoms with Crippen LogP contribution in [0.2, 0.25) is 0 Å². The summed E-state index contributed by atoms with van der Waals surface area (Å²) in [6.07, 6.45) is -3.50. The van der Waals surface area contributed by atoms with Gasteiger partial charge >= 0.3 is 6.18 Å². The van der Waals surface area contributed by atoms with Gasteiger partial charge in [-0.1, -0.05) is 0 Å². The van der Waals surface area contributed by atoms with E-state index in [0.717, 1.165) is 6.08 Å². The fourth-order valence-corrected chi connectivity index (χ4v) is 0.615. The van der Waals surface area contributed by atoms with Crippen LogP contribution in [0.4, 0.5) is 13.2 Å². The van der Waals surface area contributed by atoms with Gasteiger partial charge in [-0.05, 0) is 6.08 Å². The molecule has 5 heteroatoms. The van der Waals surface area contributed by atoms with Crippen LogP contribution in [0.25, 0.3) is 0 Å². The molecule has 1 aliphatic heterocycles. The number of alkyl halides is 3. The minimum Gasteiger partial charge on any atom is -0.400 e. The molecule has 0 saturated heterocycles. The summed E-state index contributed by atoms with van der Waals surface area (Å²) in [5, 5.41) is 0. The van der Waals surface area contributed by atoms with Gasteiger partial charge < -0.3 is 5.73 Å². The first kappa shape index (κ1) is 7.11. The van der Waals surface area contributed by atoms with Gasteiger partial charge in [0.05, 0.1) is 6.54 Å². The maximum Gasteiger partial charge on any atom is 0.432 e. The van der Waals surface area contributed by atoms with Crippen molar-refractivity contribution in [3.63, 3.8) is 0 Å². The lowest BCUT2D eigenvalue weighted by Gasteiger charge is -2.01. The number of nitrogens with zero attached hydrogens (tertiary/aromatic N) is 1. The van der Waals surface area contributed by atoms with Crippen molar-refractivity contribution in [1.29, 1.82) is 0 Å². The maximum atomic E-state index is 11.7. The molecule has 0 aromatic heterocycles. The van der Waals surface area contributed by atoms with Crippen LogP contribution in [0.1, 0.15) is 0 Å². The monoisotopic (exact) mass is 150 g/mol. The van der Waals surface area contributed by atoms with E-state index in [4.69, 9.17) is 5.73 Å². The average Bonchev–Trinajstić information content (AvgIpc) is 2.11. The Morgan fingerprint density at radius 1 is 1.50 bits per heavy atom. The van der Waals surface area contributed by atoms with Crippen molar-refractivity contribution in [2.45, 2.75) is 6.18 Å². The molecule has 0 atom stereocenters. The predicted octanol–water partition coefficient (Wildman–Crippen LogP) is 0.846. The zero-order valence-corrected chi connectivity index (χ0v) is 4.94. The number of hydrogen-bond donors (Lipinski definition) is 1. The van der Waals surface area contributed by atoms with Gasteiger partial charge in [0.2, 0.25) is 0 Å². The normalized spacial score (nSPS) is 18.7. The van der Waals surface area contributed by atoms with Crippen molar-refractivity contribution in [1.82, 2.24) is 0 Å². The molecule has 2 nitrogen and oxygen atoms in total. The van der Waals surface area contributed by atoms with Gasteiger partial charge in [-0.2, -0.15) is 13.2 Å². The second-order valence-electron chi connectivity index (χ2n) is 1.92. The van der Waals surface area contributed by atoms with Crippen LogP contribution in [0.3, 0.4) is 0 Å². The van der Waals surface area contributed by atoms with E-state index in [9.17, 15) is 13.2 Å². The molecule has 0 aromatic rings. The SMILES string of the molecule is NC1=CC(C(F)(F)F)=NC1. The molecule has 1 rings (SSSR count). The summed E-state index contributed by atoms with van der Waals surface area (Å²) in [4.78, 5) is 3.16. The molecule has 0 saturated carbocycles. The zero-order chi connectivity index (χ0) is 7.78. The topological polar surface area (TPSA) is 38.4 Å². The number of halogens is 3. The Bertz CT molecular complexity index is 201. The van der Waals surface area contributed by atoms with Gasteiger partial charge in [0, 0.05) is 5.70 Å². The third-order valence-electron chi connectivity index (χ3n) is 1.04. The highest BCUT2D eigenvalue weighted by atomic mass is 19.4. The van der Waals surface area contributed by atoms with Crippen LogP contribution in [-0.4, -0.2) is 18.4 Å². The molecular weight excluding hydrogens is 145 g/mol. The molecule has 2 N–H and O–H groups in total. The smallest absolute Gasteiger partial charge is 0.400 e. The predicted molar refractivity (Wildman–Crippen MR) is 30.6 cm³/mol. The number of nitrogens with two attached hydrogens (primary N) is 1. The third kappa shape index (κ3) is 1.29. The standard InChI is InChI=1S/C5H5F3N2/c6-5(7,8)4-1-3(9)2-10-4/h1H,2,9H2. The van der Waals surface area contributed by atoms with Gasteiger partial charge in [-0.15, -0.1) is 0 Å². The molecule has 0 amide bonds. The lowest BCUT2D eigenvalue weighted by Crippen LogP contribution is -2.19. The van der Waals surface area contributed by atoms with Gasteiger partial charge in [-0.3, -0.25) is 4.99 Å². The maximum absolute atomic E-state index is 11.7. The Labute approximate surface area is 55.2 Å². The average molecular weight is 150 g/mol. The molecule has 1 heterocycles. The molecule has 1 aliphatic rings. The van der Waals surface area contributed by atoms with Crippen LogP contribution in [-0.2, 0) is 0 Å². The van der Waals surface area contributed by atoms with Crippen LogP contribution in [0.5, 0.6) is 0 Å². The fourth-order valence-electron chi connectivity index (χ4n) is 0.615. The van der Waals surface area contributed by atoms with E-state index in [2.05, 4.69) is 4.99 Å². The molecule has 0 radical (unpaired) electrons. The van der Waals surface area contributed by atoms with Crippen molar-refractivity contribution in [2.24, 2.45) is 10.7 Å². The van der Waals surface area contributed by atoms with Gasteiger partial charge in [0.15, 0.2) is 0 Å². The summed E-state index contributed by atoms with van der Waals surface area (Å²) >= 11 is 0. The van der Waals surface area contributed by atoms with Crippen molar-refractivity contribution in [3.8, 4) is 0 Å². The molecule has 0 bridgehead atoms. The van der Waals surface area contributed by atoms with Crippen molar-refractivity contribution < 1.29 is 13.2 Å². The first-order valence-electron chi connectivity index (χ1n) is 2.58. The number of hydrogen-bond acceptors (Lipinski definition) is 2. The molecular formula is C5H5F3N2. The molecule has 0 aromatic carbocycles. The number of rotatable bonds is 0. The highest BCUT2D eigenvalue weighted by Gasteiger charge is 2.35. The first-order chi connectivity index (χ1) is 4.50. The van der Waals surface area contributed by atoms with E-state index in [-0.39, 0.29) is 12.2 Å². The van der Waals surface area contributed by atoms with Gasteiger partial charge in [0.25, 0.3) is 0 Å². The van der Waals surface area contributed by atoms with Gasteiger partial charge in [-0.25, -0.2) is 0 Å². The summed E-state index contributed by atoms with van der Waals surface area (Å²) in [6.45, 7) is -0.0329. The first-order valence-corrected chi connectivity index (χ1v) is 2.58. The van der Waals surface area contributed by atoms with Crippen LogP contribution < -0.4 is 5.73 Å².